The highest BCUT2D eigenvalue weighted by atomic mass is 79.9. The maximum absolute atomic E-state index is 12.7. The number of pyridine rings is 1. The molecule has 0 aliphatic carbocycles. The number of hydrogen-bond donors (Lipinski definition) is 1. The average molecular weight is 350 g/mol. The van der Waals surface area contributed by atoms with Crippen molar-refractivity contribution in [2.45, 2.75) is 31.6 Å². The van der Waals surface area contributed by atoms with Crippen LogP contribution in [0.5, 0.6) is 0 Å². The molecule has 1 rings (SSSR count). The Kier molecular flexibility index (Phi) is 6.22. The summed E-state index contributed by atoms with van der Waals surface area (Å²) >= 11 is 3.27. The van der Waals surface area contributed by atoms with Crippen LogP contribution < -0.4 is 5.32 Å². The molecule has 5 nitrogen and oxygen atoms in total. The van der Waals surface area contributed by atoms with Gasteiger partial charge in [-0.05, 0) is 34.8 Å². The SMILES string of the molecule is CCCN(CCC)S(=O)(=O)c1cc(Br)cnc1NC. The molecule has 0 saturated heterocycles. The summed E-state index contributed by atoms with van der Waals surface area (Å²) in [5, 5.41) is 2.83. The summed E-state index contributed by atoms with van der Waals surface area (Å²) in [4.78, 5) is 4.32. The summed E-state index contributed by atoms with van der Waals surface area (Å²) in [7, 11) is -1.85. The van der Waals surface area contributed by atoms with Crippen molar-refractivity contribution in [2.75, 3.05) is 25.5 Å². The third-order valence-electron chi connectivity index (χ3n) is 2.62. The predicted octanol–water partition coefficient (Wildman–Crippen LogP) is 2.70. The van der Waals surface area contributed by atoms with Crippen LogP contribution in [0, 0.1) is 0 Å². The van der Waals surface area contributed by atoms with Gasteiger partial charge in [-0.25, -0.2) is 13.4 Å². The Morgan fingerprint density at radius 2 is 1.89 bits per heavy atom. The number of nitrogens with zero attached hydrogens (tertiary/aromatic N) is 2. The maximum atomic E-state index is 12.7. The van der Waals surface area contributed by atoms with Gasteiger partial charge in [-0.3, -0.25) is 0 Å². The standard InChI is InChI=1S/C12H20BrN3O2S/c1-4-6-16(7-5-2)19(17,18)11-8-10(13)9-15-12(11)14-3/h8-9H,4-7H2,1-3H3,(H,14,15). The number of rotatable bonds is 7. The van der Waals surface area contributed by atoms with Crippen LogP contribution in [0.4, 0.5) is 5.82 Å². The lowest BCUT2D eigenvalue weighted by Gasteiger charge is -2.22. The Morgan fingerprint density at radius 1 is 1.32 bits per heavy atom. The lowest BCUT2D eigenvalue weighted by atomic mass is 10.4. The third kappa shape index (κ3) is 3.90. The second-order valence-corrected chi connectivity index (χ2v) is 6.98. The van der Waals surface area contributed by atoms with Crippen LogP contribution in [0.15, 0.2) is 21.6 Å². The van der Waals surface area contributed by atoms with Gasteiger partial charge in [0.15, 0.2) is 0 Å². The molecule has 0 fully saturated rings. The minimum absolute atomic E-state index is 0.214. The minimum atomic E-state index is -3.51. The van der Waals surface area contributed by atoms with Gasteiger partial charge in [0, 0.05) is 30.8 Å². The summed E-state index contributed by atoms with van der Waals surface area (Å²) in [5.41, 5.74) is 0. The van der Waals surface area contributed by atoms with Gasteiger partial charge in [-0.1, -0.05) is 13.8 Å². The van der Waals surface area contributed by atoms with Crippen molar-refractivity contribution in [3.05, 3.63) is 16.7 Å². The first kappa shape index (κ1) is 16.4. The number of hydrogen-bond acceptors (Lipinski definition) is 4. The molecule has 0 aliphatic rings. The zero-order valence-electron chi connectivity index (χ0n) is 11.5. The highest BCUT2D eigenvalue weighted by molar-refractivity contribution is 9.10. The first-order valence-corrected chi connectivity index (χ1v) is 8.54. The molecular formula is C12H20BrN3O2S. The van der Waals surface area contributed by atoms with E-state index in [4.69, 9.17) is 0 Å². The van der Waals surface area contributed by atoms with E-state index >= 15 is 0 Å². The fourth-order valence-electron chi connectivity index (χ4n) is 1.80. The van der Waals surface area contributed by atoms with Gasteiger partial charge < -0.3 is 5.32 Å². The number of nitrogens with one attached hydrogen (secondary N) is 1. The van der Waals surface area contributed by atoms with E-state index < -0.39 is 10.0 Å². The lowest BCUT2D eigenvalue weighted by Crippen LogP contribution is -2.33. The van der Waals surface area contributed by atoms with E-state index in [1.165, 1.54) is 4.31 Å². The molecule has 0 radical (unpaired) electrons. The topological polar surface area (TPSA) is 62.3 Å². The van der Waals surface area contributed by atoms with E-state index in [9.17, 15) is 8.42 Å². The number of anilines is 1. The number of aromatic nitrogens is 1. The van der Waals surface area contributed by atoms with Gasteiger partial charge >= 0.3 is 0 Å². The molecule has 0 amide bonds. The zero-order valence-corrected chi connectivity index (χ0v) is 13.9. The van der Waals surface area contributed by atoms with Crippen molar-refractivity contribution in [3.63, 3.8) is 0 Å². The fraction of sp³-hybridized carbons (Fsp3) is 0.583. The first-order chi connectivity index (χ1) is 8.97. The highest BCUT2D eigenvalue weighted by Gasteiger charge is 2.26. The lowest BCUT2D eigenvalue weighted by molar-refractivity contribution is 0.410. The normalized spacial score (nSPS) is 11.8. The second-order valence-electron chi connectivity index (χ2n) is 4.15. The van der Waals surface area contributed by atoms with E-state index in [1.807, 2.05) is 13.8 Å². The van der Waals surface area contributed by atoms with Gasteiger partial charge in [-0.15, -0.1) is 0 Å². The van der Waals surface area contributed by atoms with E-state index in [-0.39, 0.29) is 4.90 Å². The molecule has 0 bridgehead atoms. The molecule has 1 heterocycles. The summed E-state index contributed by atoms with van der Waals surface area (Å²) in [6, 6.07) is 1.59. The van der Waals surface area contributed by atoms with Crippen molar-refractivity contribution in [1.29, 1.82) is 0 Å². The van der Waals surface area contributed by atoms with Crippen LogP contribution in [0.3, 0.4) is 0 Å². The maximum Gasteiger partial charge on any atom is 0.246 e. The van der Waals surface area contributed by atoms with Gasteiger partial charge in [0.1, 0.15) is 10.7 Å². The number of halogens is 1. The van der Waals surface area contributed by atoms with Gasteiger partial charge in [0.05, 0.1) is 0 Å². The molecule has 7 heteroatoms. The van der Waals surface area contributed by atoms with Gasteiger partial charge in [0.25, 0.3) is 0 Å². The summed E-state index contributed by atoms with van der Waals surface area (Å²) in [6.07, 6.45) is 3.15. The molecule has 0 saturated carbocycles. The molecule has 1 N–H and O–H groups in total. The molecule has 108 valence electrons. The van der Waals surface area contributed by atoms with Crippen LogP contribution in [-0.2, 0) is 10.0 Å². The molecule has 1 aromatic heterocycles. The van der Waals surface area contributed by atoms with E-state index in [0.29, 0.717) is 23.4 Å². The second kappa shape index (κ2) is 7.21. The molecule has 0 spiro atoms. The Morgan fingerprint density at radius 3 is 2.37 bits per heavy atom. The molecule has 0 aliphatic heterocycles. The van der Waals surface area contributed by atoms with Crippen LogP contribution in [0.1, 0.15) is 26.7 Å². The Hall–Kier alpha value is -0.660. The molecule has 0 unspecified atom stereocenters. The summed E-state index contributed by atoms with van der Waals surface area (Å²) in [6.45, 7) is 4.98. The van der Waals surface area contributed by atoms with Crippen molar-refractivity contribution < 1.29 is 8.42 Å². The molecule has 1 aromatic rings. The van der Waals surface area contributed by atoms with Crippen LogP contribution in [-0.4, -0.2) is 37.8 Å². The monoisotopic (exact) mass is 349 g/mol. The Balaban J connectivity index is 3.27. The van der Waals surface area contributed by atoms with E-state index in [0.717, 1.165) is 12.8 Å². The zero-order chi connectivity index (χ0) is 14.5. The summed E-state index contributed by atoms with van der Waals surface area (Å²) in [5.74, 6) is 0.375. The minimum Gasteiger partial charge on any atom is -0.372 e. The molecule has 0 atom stereocenters. The molecule has 0 aromatic carbocycles. The first-order valence-electron chi connectivity index (χ1n) is 6.30. The number of sulfonamides is 1. The third-order valence-corrected chi connectivity index (χ3v) is 4.97. The van der Waals surface area contributed by atoms with Crippen LogP contribution >= 0.6 is 15.9 Å². The fourth-order valence-corrected chi connectivity index (χ4v) is 4.08. The van der Waals surface area contributed by atoms with Crippen molar-refractivity contribution >= 4 is 31.8 Å². The largest absolute Gasteiger partial charge is 0.372 e. The van der Waals surface area contributed by atoms with E-state index in [2.05, 4.69) is 26.2 Å². The van der Waals surface area contributed by atoms with Crippen molar-refractivity contribution in [2.24, 2.45) is 0 Å². The predicted molar refractivity (Wildman–Crippen MR) is 80.8 cm³/mol. The van der Waals surface area contributed by atoms with Crippen molar-refractivity contribution in [1.82, 2.24) is 9.29 Å². The van der Waals surface area contributed by atoms with Crippen molar-refractivity contribution in [3.8, 4) is 0 Å². The quantitative estimate of drug-likeness (QED) is 0.821. The average Bonchev–Trinajstić information content (AvgIpc) is 2.38. The molecular weight excluding hydrogens is 330 g/mol. The van der Waals surface area contributed by atoms with Gasteiger partial charge in [0.2, 0.25) is 10.0 Å². The molecule has 19 heavy (non-hydrogen) atoms. The van der Waals surface area contributed by atoms with E-state index in [1.54, 1.807) is 19.3 Å². The Labute approximate surface area is 123 Å². The Bertz CT molecular complexity index is 514. The van der Waals surface area contributed by atoms with Gasteiger partial charge in [-0.2, -0.15) is 4.31 Å². The van der Waals surface area contributed by atoms with Crippen LogP contribution in [0.2, 0.25) is 0 Å². The summed E-state index contributed by atoms with van der Waals surface area (Å²) < 4.78 is 27.5. The highest BCUT2D eigenvalue weighted by Crippen LogP contribution is 2.26. The smallest absolute Gasteiger partial charge is 0.246 e. The van der Waals surface area contributed by atoms with Crippen LogP contribution in [0.25, 0.3) is 0 Å².